The maximum atomic E-state index is 13.8. The minimum absolute atomic E-state index is 0.0216. The van der Waals surface area contributed by atoms with Crippen LogP contribution in [0, 0.1) is 15.9 Å². The van der Waals surface area contributed by atoms with Gasteiger partial charge in [0.1, 0.15) is 10.7 Å². The van der Waals surface area contributed by atoms with Gasteiger partial charge in [0.05, 0.1) is 30.8 Å². The van der Waals surface area contributed by atoms with Crippen LogP contribution in [0.2, 0.25) is 0 Å². The van der Waals surface area contributed by atoms with Gasteiger partial charge < -0.3 is 9.84 Å². The normalized spacial score (nSPS) is 20.4. The van der Waals surface area contributed by atoms with E-state index in [4.69, 9.17) is 4.74 Å². The number of nitrogens with zero attached hydrogens (tertiary/aromatic N) is 2. The van der Waals surface area contributed by atoms with Crippen LogP contribution in [-0.2, 0) is 14.8 Å². The van der Waals surface area contributed by atoms with Gasteiger partial charge in [0.25, 0.3) is 5.69 Å². The lowest BCUT2D eigenvalue weighted by molar-refractivity contribution is -0.385. The average Bonchev–Trinajstić information content (AvgIpc) is 2.47. The molecule has 1 saturated heterocycles. The monoisotopic (exact) mass is 320 g/mol. The second-order valence-corrected chi connectivity index (χ2v) is 6.26. The molecule has 0 radical (unpaired) electrons. The first-order valence-electron chi connectivity index (χ1n) is 6.02. The predicted octanol–water partition coefficient (Wildman–Crippen LogP) is 0.116. The standard InChI is InChI=1S/C11H13FN2O6S/c12-10-2-1-8(14(16)17)5-11(10)21(18,19)13-3-4-20-7-9(13)6-15/h1-2,5,9,15H,3-4,6-7H2. The molecule has 1 aromatic rings. The second kappa shape index (κ2) is 6.02. The number of benzene rings is 1. The van der Waals surface area contributed by atoms with Gasteiger partial charge in [0, 0.05) is 18.7 Å². The fourth-order valence-corrected chi connectivity index (χ4v) is 3.70. The number of morpholine rings is 1. The molecule has 1 aliphatic rings. The molecule has 1 fully saturated rings. The van der Waals surface area contributed by atoms with Crippen molar-refractivity contribution in [3.63, 3.8) is 0 Å². The number of ether oxygens (including phenoxy) is 1. The van der Waals surface area contributed by atoms with E-state index < -0.39 is 44.0 Å². The molecule has 0 bridgehead atoms. The molecule has 0 amide bonds. The number of nitro benzene ring substituents is 1. The first-order valence-corrected chi connectivity index (χ1v) is 7.46. The van der Waals surface area contributed by atoms with E-state index in [0.29, 0.717) is 6.07 Å². The molecule has 8 nitrogen and oxygen atoms in total. The predicted molar refractivity (Wildman–Crippen MR) is 68.6 cm³/mol. The van der Waals surface area contributed by atoms with Gasteiger partial charge in [0.15, 0.2) is 0 Å². The van der Waals surface area contributed by atoms with E-state index in [-0.39, 0.29) is 19.8 Å². The number of nitro groups is 1. The molecule has 1 heterocycles. The van der Waals surface area contributed by atoms with Crippen molar-refractivity contribution in [2.75, 3.05) is 26.4 Å². The lowest BCUT2D eigenvalue weighted by Gasteiger charge is -2.33. The molecule has 1 aliphatic heterocycles. The summed E-state index contributed by atoms with van der Waals surface area (Å²) in [5, 5.41) is 19.9. The zero-order valence-corrected chi connectivity index (χ0v) is 11.6. The lowest BCUT2D eigenvalue weighted by Crippen LogP contribution is -2.50. The Balaban J connectivity index is 2.47. The van der Waals surface area contributed by atoms with Crippen LogP contribution >= 0.6 is 0 Å². The van der Waals surface area contributed by atoms with Crippen molar-refractivity contribution in [2.45, 2.75) is 10.9 Å². The Labute approximate surface area is 119 Å². The third kappa shape index (κ3) is 3.02. The second-order valence-electron chi connectivity index (χ2n) is 4.40. The van der Waals surface area contributed by atoms with Gasteiger partial charge in [-0.05, 0) is 6.07 Å². The summed E-state index contributed by atoms with van der Waals surface area (Å²) < 4.78 is 44.6. The van der Waals surface area contributed by atoms with Crippen molar-refractivity contribution in [1.29, 1.82) is 0 Å². The summed E-state index contributed by atoms with van der Waals surface area (Å²) in [5.41, 5.74) is -0.524. The van der Waals surface area contributed by atoms with Crippen LogP contribution < -0.4 is 0 Å². The highest BCUT2D eigenvalue weighted by Crippen LogP contribution is 2.26. The maximum Gasteiger partial charge on any atom is 0.270 e. The molecule has 116 valence electrons. The van der Waals surface area contributed by atoms with Crippen LogP contribution in [0.3, 0.4) is 0 Å². The fraction of sp³-hybridized carbons (Fsp3) is 0.455. The molecule has 0 saturated carbocycles. The SMILES string of the molecule is O=[N+]([O-])c1ccc(F)c(S(=O)(=O)N2CCOCC2CO)c1. The zero-order valence-electron chi connectivity index (χ0n) is 10.8. The Morgan fingerprint density at radius 2 is 2.24 bits per heavy atom. The van der Waals surface area contributed by atoms with E-state index in [1.165, 1.54) is 0 Å². The third-order valence-electron chi connectivity index (χ3n) is 3.10. The van der Waals surface area contributed by atoms with Gasteiger partial charge in [-0.15, -0.1) is 0 Å². The number of aliphatic hydroxyl groups excluding tert-OH is 1. The zero-order chi connectivity index (χ0) is 15.6. The lowest BCUT2D eigenvalue weighted by atomic mass is 10.3. The van der Waals surface area contributed by atoms with Gasteiger partial charge in [-0.1, -0.05) is 0 Å². The summed E-state index contributed by atoms with van der Waals surface area (Å²) in [6, 6.07) is 1.45. The maximum absolute atomic E-state index is 13.8. The van der Waals surface area contributed by atoms with Crippen molar-refractivity contribution >= 4 is 15.7 Å². The highest BCUT2D eigenvalue weighted by atomic mass is 32.2. The van der Waals surface area contributed by atoms with E-state index in [9.17, 15) is 28.0 Å². The number of sulfonamides is 1. The first-order chi connectivity index (χ1) is 9.87. The Hall–Kier alpha value is -1.62. The van der Waals surface area contributed by atoms with E-state index in [2.05, 4.69) is 0 Å². The van der Waals surface area contributed by atoms with Crippen LogP contribution in [-0.4, -0.2) is 55.2 Å². The molecule has 0 aliphatic carbocycles. The van der Waals surface area contributed by atoms with Gasteiger partial charge in [-0.25, -0.2) is 12.8 Å². The Bertz CT molecular complexity index is 650. The van der Waals surface area contributed by atoms with Gasteiger partial charge in [0.2, 0.25) is 10.0 Å². The van der Waals surface area contributed by atoms with Crippen LogP contribution in [0.1, 0.15) is 0 Å². The van der Waals surface area contributed by atoms with E-state index in [1.807, 2.05) is 0 Å². The van der Waals surface area contributed by atoms with Crippen LogP contribution in [0.4, 0.5) is 10.1 Å². The number of halogens is 1. The number of hydrogen-bond acceptors (Lipinski definition) is 6. The van der Waals surface area contributed by atoms with Gasteiger partial charge in [-0.2, -0.15) is 4.31 Å². The Morgan fingerprint density at radius 1 is 1.52 bits per heavy atom. The quantitative estimate of drug-likeness (QED) is 0.623. The molecular formula is C11H13FN2O6S. The van der Waals surface area contributed by atoms with Crippen molar-refractivity contribution in [3.05, 3.63) is 34.1 Å². The molecule has 0 spiro atoms. The Kier molecular flexibility index (Phi) is 4.52. The summed E-state index contributed by atoms with van der Waals surface area (Å²) in [5.74, 6) is -1.08. The third-order valence-corrected chi connectivity index (χ3v) is 5.06. The molecule has 0 aromatic heterocycles. The van der Waals surface area contributed by atoms with Gasteiger partial charge in [-0.3, -0.25) is 10.1 Å². The van der Waals surface area contributed by atoms with Crippen molar-refractivity contribution in [1.82, 2.24) is 4.31 Å². The number of rotatable bonds is 4. The highest BCUT2D eigenvalue weighted by molar-refractivity contribution is 7.89. The van der Waals surface area contributed by atoms with E-state index in [1.54, 1.807) is 0 Å². The smallest absolute Gasteiger partial charge is 0.270 e. The minimum Gasteiger partial charge on any atom is -0.395 e. The fourth-order valence-electron chi connectivity index (χ4n) is 2.03. The minimum atomic E-state index is -4.30. The van der Waals surface area contributed by atoms with E-state index in [0.717, 1.165) is 16.4 Å². The largest absolute Gasteiger partial charge is 0.395 e. The van der Waals surface area contributed by atoms with Crippen LogP contribution in [0.5, 0.6) is 0 Å². The summed E-state index contributed by atoms with van der Waals surface area (Å²) in [6.45, 7) is -0.468. The molecule has 21 heavy (non-hydrogen) atoms. The molecule has 1 N–H and O–H groups in total. The van der Waals surface area contributed by atoms with Crippen molar-refractivity contribution < 1.29 is 27.6 Å². The molecule has 10 heteroatoms. The molecule has 1 unspecified atom stereocenters. The Morgan fingerprint density at radius 3 is 2.86 bits per heavy atom. The summed E-state index contributed by atoms with van der Waals surface area (Å²) in [7, 11) is -4.30. The van der Waals surface area contributed by atoms with Gasteiger partial charge >= 0.3 is 0 Å². The van der Waals surface area contributed by atoms with Crippen molar-refractivity contribution in [3.8, 4) is 0 Å². The highest BCUT2D eigenvalue weighted by Gasteiger charge is 2.36. The number of hydrogen-bond donors (Lipinski definition) is 1. The molecule has 2 rings (SSSR count). The van der Waals surface area contributed by atoms with Crippen LogP contribution in [0.15, 0.2) is 23.1 Å². The van der Waals surface area contributed by atoms with E-state index >= 15 is 0 Å². The number of aliphatic hydroxyl groups is 1. The molecular weight excluding hydrogens is 307 g/mol. The first kappa shape index (κ1) is 15.8. The van der Waals surface area contributed by atoms with Crippen molar-refractivity contribution in [2.24, 2.45) is 0 Å². The van der Waals surface area contributed by atoms with Crippen LogP contribution in [0.25, 0.3) is 0 Å². The average molecular weight is 320 g/mol. The molecule has 1 aromatic carbocycles. The summed E-state index contributed by atoms with van der Waals surface area (Å²) in [4.78, 5) is 9.12. The topological polar surface area (TPSA) is 110 Å². The molecule has 1 atom stereocenters. The summed E-state index contributed by atoms with van der Waals surface area (Å²) in [6.07, 6.45) is 0. The number of non-ortho nitro benzene ring substituents is 1. The summed E-state index contributed by atoms with van der Waals surface area (Å²) >= 11 is 0.